The standard InChI is InChI=1S/C18H28N4OS/c1-19-18(21-15-9-10-16(11-15)24-4)20-12-13-5-7-14(8-6-13)17(23)22(2)3/h5-8,15-16H,9-12H2,1-4H3,(H2,19,20,21). The molecule has 0 bridgehead atoms. The monoisotopic (exact) mass is 348 g/mol. The number of aliphatic imine (C=N–C) groups is 1. The lowest BCUT2D eigenvalue weighted by Gasteiger charge is -2.17. The quantitative estimate of drug-likeness (QED) is 0.633. The first-order valence-corrected chi connectivity index (χ1v) is 9.62. The lowest BCUT2D eigenvalue weighted by atomic mass is 10.1. The summed E-state index contributed by atoms with van der Waals surface area (Å²) in [4.78, 5) is 17.8. The molecule has 1 aliphatic rings. The van der Waals surface area contributed by atoms with Crippen LogP contribution in [0.4, 0.5) is 0 Å². The SMILES string of the molecule is CN=C(NCc1ccc(C(=O)N(C)C)cc1)NC1CCC(SC)C1. The molecule has 0 radical (unpaired) electrons. The fourth-order valence-corrected chi connectivity index (χ4v) is 3.68. The maximum absolute atomic E-state index is 11.9. The molecule has 2 unspecified atom stereocenters. The molecule has 0 heterocycles. The third-order valence-corrected chi connectivity index (χ3v) is 5.44. The van der Waals surface area contributed by atoms with Crippen LogP contribution in [0, 0.1) is 0 Å². The Morgan fingerprint density at radius 2 is 2.00 bits per heavy atom. The van der Waals surface area contributed by atoms with E-state index in [1.54, 1.807) is 26.0 Å². The van der Waals surface area contributed by atoms with Gasteiger partial charge in [-0.05, 0) is 43.2 Å². The summed E-state index contributed by atoms with van der Waals surface area (Å²) < 4.78 is 0. The highest BCUT2D eigenvalue weighted by Crippen LogP contribution is 2.27. The number of carbonyl (C=O) groups is 1. The van der Waals surface area contributed by atoms with Gasteiger partial charge < -0.3 is 15.5 Å². The molecule has 1 aromatic carbocycles. The first-order valence-electron chi connectivity index (χ1n) is 8.34. The van der Waals surface area contributed by atoms with Crippen molar-refractivity contribution in [2.24, 2.45) is 4.99 Å². The van der Waals surface area contributed by atoms with E-state index < -0.39 is 0 Å². The van der Waals surface area contributed by atoms with Crippen LogP contribution in [0.25, 0.3) is 0 Å². The van der Waals surface area contributed by atoms with E-state index in [4.69, 9.17) is 0 Å². The molecule has 6 heteroatoms. The average Bonchev–Trinajstić information content (AvgIpc) is 3.06. The van der Waals surface area contributed by atoms with Crippen LogP contribution >= 0.6 is 11.8 Å². The maximum atomic E-state index is 11.9. The third kappa shape index (κ3) is 5.16. The number of carbonyl (C=O) groups excluding carboxylic acids is 1. The number of hydrogen-bond donors (Lipinski definition) is 2. The van der Waals surface area contributed by atoms with Crippen molar-refractivity contribution in [2.45, 2.75) is 37.1 Å². The number of thioether (sulfide) groups is 1. The average molecular weight is 349 g/mol. The van der Waals surface area contributed by atoms with Gasteiger partial charge in [0.25, 0.3) is 5.91 Å². The Labute approximate surface area is 149 Å². The summed E-state index contributed by atoms with van der Waals surface area (Å²) in [5.41, 5.74) is 1.84. The number of benzene rings is 1. The van der Waals surface area contributed by atoms with Crippen molar-refractivity contribution in [3.8, 4) is 0 Å². The first kappa shape index (κ1) is 18.6. The van der Waals surface area contributed by atoms with Gasteiger partial charge in [0.1, 0.15) is 0 Å². The van der Waals surface area contributed by atoms with Crippen LogP contribution in [0.5, 0.6) is 0 Å². The predicted octanol–water partition coefficient (Wildman–Crippen LogP) is 2.34. The molecule has 1 fully saturated rings. The summed E-state index contributed by atoms with van der Waals surface area (Å²) in [7, 11) is 5.32. The minimum absolute atomic E-state index is 0.0246. The third-order valence-electron chi connectivity index (χ3n) is 4.35. The van der Waals surface area contributed by atoms with Gasteiger partial charge in [0.2, 0.25) is 0 Å². The van der Waals surface area contributed by atoms with Gasteiger partial charge in [-0.15, -0.1) is 0 Å². The van der Waals surface area contributed by atoms with E-state index in [0.29, 0.717) is 18.2 Å². The highest BCUT2D eigenvalue weighted by Gasteiger charge is 2.24. The molecule has 1 aromatic rings. The number of nitrogens with one attached hydrogen (secondary N) is 2. The Balaban J connectivity index is 1.84. The molecule has 1 aliphatic carbocycles. The zero-order valence-electron chi connectivity index (χ0n) is 15.0. The van der Waals surface area contributed by atoms with Crippen molar-refractivity contribution in [3.05, 3.63) is 35.4 Å². The van der Waals surface area contributed by atoms with Crippen molar-refractivity contribution < 1.29 is 4.79 Å². The fourth-order valence-electron chi connectivity index (χ4n) is 2.88. The van der Waals surface area contributed by atoms with Crippen LogP contribution in [0.1, 0.15) is 35.2 Å². The van der Waals surface area contributed by atoms with Gasteiger partial charge >= 0.3 is 0 Å². The Morgan fingerprint density at radius 1 is 1.29 bits per heavy atom. The lowest BCUT2D eigenvalue weighted by molar-refractivity contribution is 0.0827. The normalized spacial score (nSPS) is 20.8. The van der Waals surface area contributed by atoms with Gasteiger partial charge in [0.05, 0.1) is 0 Å². The molecular weight excluding hydrogens is 320 g/mol. The topological polar surface area (TPSA) is 56.7 Å². The zero-order valence-corrected chi connectivity index (χ0v) is 15.8. The molecule has 24 heavy (non-hydrogen) atoms. The Hall–Kier alpha value is -1.69. The van der Waals surface area contributed by atoms with Gasteiger partial charge in [-0.1, -0.05) is 12.1 Å². The van der Waals surface area contributed by atoms with Crippen LogP contribution in [0.3, 0.4) is 0 Å². The smallest absolute Gasteiger partial charge is 0.253 e. The number of guanidine groups is 1. The van der Waals surface area contributed by atoms with Gasteiger partial charge in [-0.2, -0.15) is 11.8 Å². The second-order valence-corrected chi connectivity index (χ2v) is 7.47. The maximum Gasteiger partial charge on any atom is 0.253 e. The molecular formula is C18H28N4OS. The number of rotatable bonds is 5. The molecule has 2 rings (SSSR count). The summed E-state index contributed by atoms with van der Waals surface area (Å²) in [5.74, 6) is 0.867. The molecule has 2 atom stereocenters. The highest BCUT2D eigenvalue weighted by molar-refractivity contribution is 7.99. The van der Waals surface area contributed by atoms with E-state index in [-0.39, 0.29) is 5.91 Å². The molecule has 0 aromatic heterocycles. The van der Waals surface area contributed by atoms with Crippen molar-refractivity contribution in [2.75, 3.05) is 27.4 Å². The second-order valence-electron chi connectivity index (χ2n) is 6.33. The van der Waals surface area contributed by atoms with Gasteiger partial charge in [0.15, 0.2) is 5.96 Å². The summed E-state index contributed by atoms with van der Waals surface area (Å²) in [6.45, 7) is 0.689. The molecule has 0 spiro atoms. The molecule has 0 aliphatic heterocycles. The van der Waals surface area contributed by atoms with Crippen molar-refractivity contribution in [1.82, 2.24) is 15.5 Å². The van der Waals surface area contributed by atoms with E-state index >= 15 is 0 Å². The Bertz CT molecular complexity index is 571. The summed E-state index contributed by atoms with van der Waals surface area (Å²) in [6.07, 6.45) is 5.86. The number of amides is 1. The van der Waals surface area contributed by atoms with Crippen LogP contribution < -0.4 is 10.6 Å². The first-order chi connectivity index (χ1) is 11.5. The number of hydrogen-bond acceptors (Lipinski definition) is 3. The van der Waals surface area contributed by atoms with Crippen molar-refractivity contribution in [3.63, 3.8) is 0 Å². The molecule has 0 saturated heterocycles. The molecule has 132 valence electrons. The Morgan fingerprint density at radius 3 is 2.54 bits per heavy atom. The van der Waals surface area contributed by atoms with Crippen LogP contribution in [0.2, 0.25) is 0 Å². The van der Waals surface area contributed by atoms with E-state index in [1.807, 2.05) is 36.0 Å². The summed E-state index contributed by atoms with van der Waals surface area (Å²) in [5, 5.41) is 7.63. The van der Waals surface area contributed by atoms with Gasteiger partial charge in [-0.25, -0.2) is 0 Å². The van der Waals surface area contributed by atoms with E-state index in [1.165, 1.54) is 19.3 Å². The zero-order chi connectivity index (χ0) is 17.5. The van der Waals surface area contributed by atoms with Crippen molar-refractivity contribution >= 4 is 23.6 Å². The van der Waals surface area contributed by atoms with E-state index in [0.717, 1.165) is 16.8 Å². The fraction of sp³-hybridized carbons (Fsp3) is 0.556. The molecule has 1 saturated carbocycles. The Kier molecular flexibility index (Phi) is 6.97. The van der Waals surface area contributed by atoms with E-state index in [2.05, 4.69) is 21.9 Å². The highest BCUT2D eigenvalue weighted by atomic mass is 32.2. The molecule has 2 N–H and O–H groups in total. The summed E-state index contributed by atoms with van der Waals surface area (Å²) in [6, 6.07) is 8.21. The van der Waals surface area contributed by atoms with E-state index in [9.17, 15) is 4.79 Å². The molecule has 1 amide bonds. The van der Waals surface area contributed by atoms with Crippen LogP contribution in [0.15, 0.2) is 29.3 Å². The van der Waals surface area contributed by atoms with Crippen LogP contribution in [-0.4, -0.2) is 55.5 Å². The number of nitrogens with zero attached hydrogens (tertiary/aromatic N) is 2. The lowest BCUT2D eigenvalue weighted by Crippen LogP contribution is -2.42. The second kappa shape index (κ2) is 8.97. The minimum atomic E-state index is 0.0246. The summed E-state index contributed by atoms with van der Waals surface area (Å²) >= 11 is 1.96. The van der Waals surface area contributed by atoms with Gasteiger partial charge in [-0.3, -0.25) is 9.79 Å². The molecule has 5 nitrogen and oxygen atoms in total. The predicted molar refractivity (Wildman–Crippen MR) is 103 cm³/mol. The van der Waals surface area contributed by atoms with Crippen LogP contribution in [-0.2, 0) is 6.54 Å². The minimum Gasteiger partial charge on any atom is -0.354 e. The largest absolute Gasteiger partial charge is 0.354 e. The van der Waals surface area contributed by atoms with Gasteiger partial charge in [0, 0.05) is 44.5 Å². The van der Waals surface area contributed by atoms with Crippen molar-refractivity contribution in [1.29, 1.82) is 0 Å².